The SMILES string of the molecule is CN(Cc1ccc2c(c1)OCCO2)C(=O)CCC1CCCC1. The monoisotopic (exact) mass is 303 g/mol. The topological polar surface area (TPSA) is 38.8 Å². The first-order valence-corrected chi connectivity index (χ1v) is 8.35. The van der Waals surface area contributed by atoms with E-state index >= 15 is 0 Å². The third-order valence-electron chi connectivity index (χ3n) is 4.69. The Morgan fingerprint density at radius 1 is 1.18 bits per heavy atom. The molecule has 1 amide bonds. The van der Waals surface area contributed by atoms with Crippen molar-refractivity contribution in [3.05, 3.63) is 23.8 Å². The Morgan fingerprint density at radius 2 is 1.91 bits per heavy atom. The van der Waals surface area contributed by atoms with Crippen LogP contribution in [0.4, 0.5) is 0 Å². The van der Waals surface area contributed by atoms with Crippen molar-refractivity contribution < 1.29 is 14.3 Å². The average Bonchev–Trinajstić information content (AvgIpc) is 3.06. The lowest BCUT2D eigenvalue weighted by Gasteiger charge is -2.21. The zero-order chi connectivity index (χ0) is 15.4. The number of carbonyl (C=O) groups is 1. The third kappa shape index (κ3) is 3.73. The quantitative estimate of drug-likeness (QED) is 0.837. The van der Waals surface area contributed by atoms with Crippen LogP contribution in [0.3, 0.4) is 0 Å². The molecule has 120 valence electrons. The molecule has 4 nitrogen and oxygen atoms in total. The van der Waals surface area contributed by atoms with Gasteiger partial charge in [0.05, 0.1) is 0 Å². The molecule has 0 bridgehead atoms. The molecule has 3 rings (SSSR count). The number of nitrogens with zero attached hydrogens (tertiary/aromatic N) is 1. The first kappa shape index (κ1) is 15.2. The number of hydrogen-bond donors (Lipinski definition) is 0. The van der Waals surface area contributed by atoms with Gasteiger partial charge < -0.3 is 14.4 Å². The molecule has 0 radical (unpaired) electrons. The molecule has 2 aliphatic rings. The van der Waals surface area contributed by atoms with Crippen molar-refractivity contribution in [2.75, 3.05) is 20.3 Å². The summed E-state index contributed by atoms with van der Waals surface area (Å²) < 4.78 is 11.1. The van der Waals surface area contributed by atoms with Gasteiger partial charge in [-0.15, -0.1) is 0 Å². The van der Waals surface area contributed by atoms with Crippen molar-refractivity contribution in [2.24, 2.45) is 5.92 Å². The van der Waals surface area contributed by atoms with Crippen molar-refractivity contribution in [3.63, 3.8) is 0 Å². The molecule has 1 fully saturated rings. The number of rotatable bonds is 5. The second-order valence-corrected chi connectivity index (χ2v) is 6.42. The van der Waals surface area contributed by atoms with E-state index in [0.717, 1.165) is 29.4 Å². The van der Waals surface area contributed by atoms with Gasteiger partial charge in [0.15, 0.2) is 11.5 Å². The van der Waals surface area contributed by atoms with Crippen molar-refractivity contribution in [1.82, 2.24) is 4.90 Å². The van der Waals surface area contributed by atoms with Crippen LogP contribution in [0.2, 0.25) is 0 Å². The Balaban J connectivity index is 1.51. The lowest BCUT2D eigenvalue weighted by Crippen LogP contribution is -2.26. The van der Waals surface area contributed by atoms with Gasteiger partial charge in [-0.3, -0.25) is 4.79 Å². The average molecular weight is 303 g/mol. The van der Waals surface area contributed by atoms with Crippen LogP contribution in [0, 0.1) is 5.92 Å². The Hall–Kier alpha value is -1.71. The summed E-state index contributed by atoms with van der Waals surface area (Å²) in [6, 6.07) is 5.92. The van der Waals surface area contributed by atoms with E-state index in [0.29, 0.717) is 26.2 Å². The number of carbonyl (C=O) groups excluding carboxylic acids is 1. The number of fused-ring (bicyclic) bond motifs is 1. The maximum Gasteiger partial charge on any atom is 0.222 e. The normalized spacial score (nSPS) is 17.5. The Labute approximate surface area is 132 Å². The van der Waals surface area contributed by atoms with Crippen LogP contribution in [0.1, 0.15) is 44.1 Å². The van der Waals surface area contributed by atoms with E-state index in [9.17, 15) is 4.79 Å². The second-order valence-electron chi connectivity index (χ2n) is 6.42. The molecule has 0 spiro atoms. The molecule has 4 heteroatoms. The fourth-order valence-corrected chi connectivity index (χ4v) is 3.37. The summed E-state index contributed by atoms with van der Waals surface area (Å²) in [5.74, 6) is 2.59. The molecule has 0 saturated heterocycles. The van der Waals surface area contributed by atoms with E-state index in [1.54, 1.807) is 0 Å². The predicted octanol–water partition coefficient (Wildman–Crippen LogP) is 3.39. The molecular weight excluding hydrogens is 278 g/mol. The van der Waals surface area contributed by atoms with E-state index in [-0.39, 0.29) is 5.91 Å². The van der Waals surface area contributed by atoms with Gasteiger partial charge in [-0.1, -0.05) is 31.7 Å². The van der Waals surface area contributed by atoms with Gasteiger partial charge in [0.25, 0.3) is 0 Å². The number of benzene rings is 1. The van der Waals surface area contributed by atoms with Crippen LogP contribution in [0.15, 0.2) is 18.2 Å². The highest BCUT2D eigenvalue weighted by Gasteiger charge is 2.18. The zero-order valence-corrected chi connectivity index (χ0v) is 13.3. The van der Waals surface area contributed by atoms with Crippen molar-refractivity contribution >= 4 is 5.91 Å². The summed E-state index contributed by atoms with van der Waals surface area (Å²) in [5.41, 5.74) is 1.08. The summed E-state index contributed by atoms with van der Waals surface area (Å²) in [6.45, 7) is 1.82. The molecule has 1 heterocycles. The maximum atomic E-state index is 12.3. The fourth-order valence-electron chi connectivity index (χ4n) is 3.37. The van der Waals surface area contributed by atoms with E-state index in [1.165, 1.54) is 25.7 Å². The molecule has 1 aromatic carbocycles. The predicted molar refractivity (Wildman–Crippen MR) is 85.1 cm³/mol. The molecule has 1 aromatic rings. The van der Waals surface area contributed by atoms with E-state index in [4.69, 9.17) is 9.47 Å². The number of ether oxygens (including phenoxy) is 2. The van der Waals surface area contributed by atoms with Crippen LogP contribution in [0.25, 0.3) is 0 Å². The Morgan fingerprint density at radius 3 is 2.68 bits per heavy atom. The Kier molecular flexibility index (Phi) is 4.86. The minimum Gasteiger partial charge on any atom is -0.486 e. The van der Waals surface area contributed by atoms with Crippen LogP contribution in [0.5, 0.6) is 11.5 Å². The van der Waals surface area contributed by atoms with Gasteiger partial charge >= 0.3 is 0 Å². The lowest BCUT2D eigenvalue weighted by molar-refractivity contribution is -0.130. The van der Waals surface area contributed by atoms with Gasteiger partial charge in [-0.05, 0) is 30.0 Å². The summed E-state index contributed by atoms with van der Waals surface area (Å²) in [4.78, 5) is 14.1. The summed E-state index contributed by atoms with van der Waals surface area (Å²) in [7, 11) is 1.88. The highest BCUT2D eigenvalue weighted by Crippen LogP contribution is 2.31. The molecule has 0 N–H and O–H groups in total. The van der Waals surface area contributed by atoms with Gasteiger partial charge in [-0.25, -0.2) is 0 Å². The molecule has 22 heavy (non-hydrogen) atoms. The summed E-state index contributed by atoms with van der Waals surface area (Å²) >= 11 is 0. The van der Waals surface area contributed by atoms with Crippen molar-refractivity contribution in [3.8, 4) is 11.5 Å². The highest BCUT2D eigenvalue weighted by molar-refractivity contribution is 5.75. The molecule has 0 aromatic heterocycles. The standard InChI is InChI=1S/C18H25NO3/c1-19(18(20)9-7-14-4-2-3-5-14)13-15-6-8-16-17(12-15)22-11-10-21-16/h6,8,12,14H,2-5,7,9-11,13H2,1H3. The summed E-state index contributed by atoms with van der Waals surface area (Å²) in [6.07, 6.45) is 7.01. The minimum absolute atomic E-state index is 0.238. The molecular formula is C18H25NO3. The molecule has 1 aliphatic carbocycles. The van der Waals surface area contributed by atoms with Crippen molar-refractivity contribution in [2.45, 2.75) is 45.1 Å². The highest BCUT2D eigenvalue weighted by atomic mass is 16.6. The van der Waals surface area contributed by atoms with Gasteiger partial charge in [0.2, 0.25) is 5.91 Å². The molecule has 1 saturated carbocycles. The van der Waals surface area contributed by atoms with Gasteiger partial charge in [0, 0.05) is 20.0 Å². The van der Waals surface area contributed by atoms with Gasteiger partial charge in [0.1, 0.15) is 13.2 Å². The van der Waals surface area contributed by atoms with Crippen LogP contribution >= 0.6 is 0 Å². The fraction of sp³-hybridized carbons (Fsp3) is 0.611. The van der Waals surface area contributed by atoms with Crippen LogP contribution in [-0.4, -0.2) is 31.1 Å². The molecule has 0 atom stereocenters. The van der Waals surface area contributed by atoms with Gasteiger partial charge in [-0.2, -0.15) is 0 Å². The first-order chi connectivity index (χ1) is 10.7. The lowest BCUT2D eigenvalue weighted by atomic mass is 10.0. The second kappa shape index (κ2) is 7.03. The van der Waals surface area contributed by atoms with Crippen LogP contribution in [-0.2, 0) is 11.3 Å². The van der Waals surface area contributed by atoms with Crippen molar-refractivity contribution in [1.29, 1.82) is 0 Å². The minimum atomic E-state index is 0.238. The largest absolute Gasteiger partial charge is 0.486 e. The van der Waals surface area contributed by atoms with Crippen LogP contribution < -0.4 is 9.47 Å². The van der Waals surface area contributed by atoms with E-state index < -0.39 is 0 Å². The number of amides is 1. The molecule has 0 unspecified atom stereocenters. The Bertz CT molecular complexity index is 523. The van der Waals surface area contributed by atoms with E-state index in [1.807, 2.05) is 30.1 Å². The zero-order valence-electron chi connectivity index (χ0n) is 13.3. The van der Waals surface area contributed by atoms with E-state index in [2.05, 4.69) is 0 Å². The summed E-state index contributed by atoms with van der Waals surface area (Å²) in [5, 5.41) is 0. The smallest absolute Gasteiger partial charge is 0.222 e. The third-order valence-corrected chi connectivity index (χ3v) is 4.69. The number of hydrogen-bond acceptors (Lipinski definition) is 3. The maximum absolute atomic E-state index is 12.3. The first-order valence-electron chi connectivity index (χ1n) is 8.35. The molecule has 1 aliphatic heterocycles.